The molecule has 0 unspecified atom stereocenters. The van der Waals surface area contributed by atoms with Gasteiger partial charge in [0.05, 0.1) is 51.8 Å². The van der Waals surface area contributed by atoms with E-state index in [0.717, 1.165) is 13.8 Å². The van der Waals surface area contributed by atoms with E-state index in [1.54, 1.807) is 0 Å². The number of aliphatic hydroxyl groups excluding tert-OH is 15. The van der Waals surface area contributed by atoms with Crippen LogP contribution in [-0.2, 0) is 61.8 Å². The Labute approximate surface area is 409 Å². The number of amides is 2. The van der Waals surface area contributed by atoms with Gasteiger partial charge in [-0.2, -0.15) is 0 Å². The average Bonchev–Trinajstić information content (AvgIpc) is 3.34. The zero-order valence-corrected chi connectivity index (χ0v) is 38.8. The zero-order chi connectivity index (χ0) is 53.5. The number of aliphatic carboxylic acids is 1. The van der Waals surface area contributed by atoms with E-state index in [4.69, 9.17) is 53.1 Å². The van der Waals surface area contributed by atoms with Crippen LogP contribution in [0.3, 0.4) is 0 Å². The number of hydrogen-bond donors (Lipinski definition) is 19. The van der Waals surface area contributed by atoms with Crippen molar-refractivity contribution in [2.45, 2.75) is 186 Å². The Balaban J connectivity index is 1.40. The topological polar surface area (TPSA) is 517 Å². The summed E-state index contributed by atoms with van der Waals surface area (Å²) in [4.78, 5) is 37.8. The monoisotopic (exact) mass is 1060 g/mol. The Morgan fingerprint density at radius 3 is 1.58 bits per heavy atom. The molecule has 26 atom stereocenters. The fraction of sp³-hybridized carbons (Fsp3) is 0.925. The SMILES string of the molecule is CC(=O)N[C@H]1[C@H](O[C@@H]2[C@H](O)[C@@H](O)[C@H](O[C@H]3[C@H](O)[C@@H](O)[C@H](OCCCN)O[C@@H]3CO)O[C@@H]2CO)O[C@H](CO)[C@H](O)[C@@H]1O[C@@H]1O[C@H](CO)[C@H](O)[C@H](O[C@]2(C(=O)O)C[C@H](O)[C@@H](NC(C)=O)[C@H]([C@H](O)[C@H](O)CO)O2)[C@H]1O. The first kappa shape index (κ1) is 60.2. The van der Waals surface area contributed by atoms with Crippen molar-refractivity contribution in [3.63, 3.8) is 0 Å². The van der Waals surface area contributed by atoms with Gasteiger partial charge in [0.25, 0.3) is 5.79 Å². The van der Waals surface area contributed by atoms with Gasteiger partial charge in [0.1, 0.15) is 116 Å². The summed E-state index contributed by atoms with van der Waals surface area (Å²) in [6, 6.07) is -3.47. The van der Waals surface area contributed by atoms with Gasteiger partial charge < -0.3 is 145 Å². The maximum atomic E-state index is 13.0. The number of carboxylic acids is 1. The Bertz CT molecular complexity index is 1730. The highest BCUT2D eigenvalue weighted by Crippen LogP contribution is 2.39. The lowest BCUT2D eigenvalue weighted by atomic mass is 9.88. The quantitative estimate of drug-likeness (QED) is 0.0448. The molecular weight excluding hydrogens is 986 g/mol. The molecule has 5 saturated heterocycles. The fourth-order valence-electron chi connectivity index (χ4n) is 8.95. The number of aliphatic hydroxyl groups is 15. The van der Waals surface area contributed by atoms with Gasteiger partial charge in [0.2, 0.25) is 11.8 Å². The van der Waals surface area contributed by atoms with Crippen molar-refractivity contribution in [2.75, 3.05) is 46.2 Å². The Kier molecular flexibility index (Phi) is 22.1. The smallest absolute Gasteiger partial charge is 0.364 e. The average molecular weight is 1060 g/mol. The second-order valence-corrected chi connectivity index (χ2v) is 17.8. The van der Waals surface area contributed by atoms with E-state index in [0.29, 0.717) is 6.42 Å². The molecule has 0 aliphatic carbocycles. The van der Waals surface area contributed by atoms with Crippen LogP contribution in [0.5, 0.6) is 0 Å². The third-order valence-corrected chi connectivity index (χ3v) is 12.7. The minimum absolute atomic E-state index is 0.0134. The molecule has 5 rings (SSSR count). The summed E-state index contributed by atoms with van der Waals surface area (Å²) in [6.07, 6.45) is -45.7. The molecule has 0 saturated carbocycles. The lowest BCUT2D eigenvalue weighted by molar-refractivity contribution is -0.389. The van der Waals surface area contributed by atoms with Crippen molar-refractivity contribution >= 4 is 17.8 Å². The molecule has 418 valence electrons. The van der Waals surface area contributed by atoms with E-state index in [1.807, 2.05) is 0 Å². The van der Waals surface area contributed by atoms with Crippen molar-refractivity contribution in [3.8, 4) is 0 Å². The first-order valence-electron chi connectivity index (χ1n) is 22.9. The van der Waals surface area contributed by atoms with E-state index in [-0.39, 0.29) is 13.2 Å². The molecule has 0 aromatic rings. The van der Waals surface area contributed by atoms with E-state index in [2.05, 4.69) is 10.6 Å². The number of carboxylic acid groups (broad SMARTS) is 1. The number of ether oxygens (including phenoxy) is 10. The summed E-state index contributed by atoms with van der Waals surface area (Å²) in [5.41, 5.74) is 5.46. The molecule has 32 nitrogen and oxygen atoms in total. The fourth-order valence-corrected chi connectivity index (χ4v) is 8.95. The molecule has 5 heterocycles. The minimum Gasteiger partial charge on any atom is -0.477 e. The predicted octanol–water partition coefficient (Wildman–Crippen LogP) is -12.1. The predicted molar refractivity (Wildman–Crippen MR) is 224 cm³/mol. The number of nitrogens with two attached hydrogens (primary N) is 1. The number of carbonyl (C=O) groups is 3. The highest BCUT2D eigenvalue weighted by atomic mass is 16.8. The summed E-state index contributed by atoms with van der Waals surface area (Å²) in [7, 11) is 0. The van der Waals surface area contributed by atoms with Crippen molar-refractivity contribution in [1.82, 2.24) is 10.6 Å². The minimum atomic E-state index is -3.18. The number of nitrogens with one attached hydrogen (secondary N) is 2. The van der Waals surface area contributed by atoms with Crippen molar-refractivity contribution < 1.29 is 143 Å². The van der Waals surface area contributed by atoms with E-state index >= 15 is 0 Å². The first-order valence-corrected chi connectivity index (χ1v) is 22.9. The van der Waals surface area contributed by atoms with Gasteiger partial charge in [0, 0.05) is 20.3 Å². The van der Waals surface area contributed by atoms with Crippen LogP contribution in [0, 0.1) is 0 Å². The highest BCUT2D eigenvalue weighted by molar-refractivity contribution is 5.76. The molecular formula is C40H69N3O29. The summed E-state index contributed by atoms with van der Waals surface area (Å²) < 4.78 is 57.0. The maximum absolute atomic E-state index is 13.0. The van der Waals surface area contributed by atoms with E-state index < -0.39 is 216 Å². The molecule has 5 aliphatic rings. The molecule has 0 bridgehead atoms. The lowest BCUT2D eigenvalue weighted by Gasteiger charge is -2.51. The first-order chi connectivity index (χ1) is 34.0. The number of carbonyl (C=O) groups excluding carboxylic acids is 2. The third kappa shape index (κ3) is 13.3. The summed E-state index contributed by atoms with van der Waals surface area (Å²) in [6.45, 7) is -2.90. The van der Waals surface area contributed by atoms with Gasteiger partial charge in [0.15, 0.2) is 25.2 Å². The second-order valence-electron chi connectivity index (χ2n) is 17.8. The van der Waals surface area contributed by atoms with Gasteiger partial charge in [-0.1, -0.05) is 0 Å². The normalized spacial score (nSPS) is 44.7. The molecule has 2 amide bonds. The molecule has 20 N–H and O–H groups in total. The lowest BCUT2D eigenvalue weighted by Crippen LogP contribution is -2.71. The standard InChI is InChI=1S/C40H69N3O29/c1-12(49)42-20-14(51)6-40(39(61)62,71-33(20)22(53)15(52)7-44)72-34-24(55)17(9-46)65-38(29(34)60)70-32-21(43-13(2)50)35(64-16(8-45)23(32)54)68-30-19(11-48)67-37(28(59)26(30)57)69-31-18(10-47)66-36(27(58)25(31)56)63-5-3-4-41/h14-38,44-48,51-60H,3-11,41H2,1-2H3,(H,42,49)(H,43,50)(H,61,62)/t14-,15+,16+,17+,18+,19+,20+,21+,22+,23-,24-,25+,26+,27+,28+,29+,30-,31+,32+,33+,34-,35-,36+,37-,38-,40-/m0/s1. The van der Waals surface area contributed by atoms with Crippen LogP contribution in [0.2, 0.25) is 0 Å². The van der Waals surface area contributed by atoms with Crippen LogP contribution in [0.15, 0.2) is 0 Å². The Hall–Kier alpha value is -2.63. The van der Waals surface area contributed by atoms with Gasteiger partial charge in [-0.15, -0.1) is 0 Å². The van der Waals surface area contributed by atoms with Crippen molar-refractivity contribution in [2.24, 2.45) is 5.73 Å². The largest absolute Gasteiger partial charge is 0.477 e. The molecule has 72 heavy (non-hydrogen) atoms. The van der Waals surface area contributed by atoms with Gasteiger partial charge in [-0.05, 0) is 13.0 Å². The molecule has 5 aliphatic heterocycles. The highest BCUT2D eigenvalue weighted by Gasteiger charge is 2.61. The van der Waals surface area contributed by atoms with Crippen LogP contribution >= 0.6 is 0 Å². The van der Waals surface area contributed by atoms with E-state index in [1.165, 1.54) is 0 Å². The summed E-state index contributed by atoms with van der Waals surface area (Å²) in [5, 5.41) is 177. The van der Waals surface area contributed by atoms with Crippen LogP contribution in [0.25, 0.3) is 0 Å². The Morgan fingerprint density at radius 2 is 1.07 bits per heavy atom. The molecule has 0 spiro atoms. The molecule has 0 radical (unpaired) electrons. The second kappa shape index (κ2) is 26.4. The van der Waals surface area contributed by atoms with Crippen LogP contribution in [-0.4, -0.2) is 305 Å². The molecule has 0 aromatic heterocycles. The van der Waals surface area contributed by atoms with E-state index in [9.17, 15) is 96.1 Å². The van der Waals surface area contributed by atoms with Gasteiger partial charge >= 0.3 is 5.97 Å². The van der Waals surface area contributed by atoms with Gasteiger partial charge in [-0.25, -0.2) is 4.79 Å². The van der Waals surface area contributed by atoms with Crippen LogP contribution in [0.4, 0.5) is 0 Å². The van der Waals surface area contributed by atoms with Crippen LogP contribution in [0.1, 0.15) is 26.7 Å². The van der Waals surface area contributed by atoms with Crippen molar-refractivity contribution in [1.29, 1.82) is 0 Å². The van der Waals surface area contributed by atoms with Crippen LogP contribution < -0.4 is 16.4 Å². The Morgan fingerprint density at radius 1 is 0.611 bits per heavy atom. The zero-order valence-electron chi connectivity index (χ0n) is 38.8. The third-order valence-electron chi connectivity index (χ3n) is 12.7. The molecule has 0 aromatic carbocycles. The van der Waals surface area contributed by atoms with Crippen molar-refractivity contribution in [3.05, 3.63) is 0 Å². The maximum Gasteiger partial charge on any atom is 0.364 e. The molecule has 5 fully saturated rings. The number of rotatable bonds is 22. The van der Waals surface area contributed by atoms with Gasteiger partial charge in [-0.3, -0.25) is 9.59 Å². The number of hydrogen-bond acceptors (Lipinski definition) is 29. The summed E-state index contributed by atoms with van der Waals surface area (Å²) >= 11 is 0. The summed E-state index contributed by atoms with van der Waals surface area (Å²) in [5.74, 6) is -6.95. The molecule has 32 heteroatoms.